The molecule has 4 heteroatoms. The molecule has 0 bridgehead atoms. The van der Waals surface area contributed by atoms with Crippen molar-refractivity contribution < 1.29 is 13.5 Å². The molecule has 1 aromatic carbocycles. The Hall–Kier alpha value is -1.60. The smallest absolute Gasteiger partial charge is 0.145 e. The first kappa shape index (κ1) is 12.5. The molecule has 1 unspecified atom stereocenters. The average Bonchev–Trinajstić information content (AvgIpc) is 2.27. The molecule has 0 aliphatic heterocycles. The first-order valence-electron chi connectivity index (χ1n) is 4.88. The van der Waals surface area contributed by atoms with Crippen molar-refractivity contribution in [2.24, 2.45) is 5.73 Å². The van der Waals surface area contributed by atoms with E-state index in [0.717, 1.165) is 12.1 Å². The normalized spacial score (nSPS) is 11.6. The van der Waals surface area contributed by atoms with Gasteiger partial charge in [-0.3, -0.25) is 0 Å². The zero-order chi connectivity index (χ0) is 12.1. The number of halogens is 2. The molecular formula is C12H13F2NO. The summed E-state index contributed by atoms with van der Waals surface area (Å²) in [7, 11) is 1.34. The summed E-state index contributed by atoms with van der Waals surface area (Å²) in [6.45, 7) is 1.85. The number of benzene rings is 1. The molecule has 0 aliphatic carbocycles. The van der Waals surface area contributed by atoms with Gasteiger partial charge in [0, 0.05) is 12.1 Å². The standard InChI is InChI=1S/C12H13F2NO/c1-3-8(15)4-5-10-11(13)6-9(16-2)7-12(10)14/h6-8H,3,15H2,1-2H3. The molecule has 0 amide bonds. The number of methoxy groups -OCH3 is 1. The van der Waals surface area contributed by atoms with E-state index in [4.69, 9.17) is 10.5 Å². The molecule has 0 saturated carbocycles. The first-order chi connectivity index (χ1) is 7.58. The van der Waals surface area contributed by atoms with Crippen molar-refractivity contribution in [3.8, 4) is 17.6 Å². The Morgan fingerprint density at radius 3 is 2.38 bits per heavy atom. The van der Waals surface area contributed by atoms with Crippen LogP contribution in [0.15, 0.2) is 12.1 Å². The Balaban J connectivity index is 3.09. The molecule has 0 saturated heterocycles. The van der Waals surface area contributed by atoms with Crippen LogP contribution in [0, 0.1) is 23.5 Å². The van der Waals surface area contributed by atoms with E-state index in [1.807, 2.05) is 6.92 Å². The van der Waals surface area contributed by atoms with Crippen LogP contribution in [0.5, 0.6) is 5.75 Å². The van der Waals surface area contributed by atoms with E-state index in [1.54, 1.807) is 0 Å². The van der Waals surface area contributed by atoms with Gasteiger partial charge in [-0.25, -0.2) is 8.78 Å². The van der Waals surface area contributed by atoms with E-state index in [0.29, 0.717) is 6.42 Å². The van der Waals surface area contributed by atoms with E-state index < -0.39 is 11.6 Å². The Labute approximate surface area is 93.4 Å². The summed E-state index contributed by atoms with van der Waals surface area (Å²) in [5.74, 6) is 3.62. The highest BCUT2D eigenvalue weighted by Crippen LogP contribution is 2.19. The quantitative estimate of drug-likeness (QED) is 0.782. The zero-order valence-electron chi connectivity index (χ0n) is 9.18. The molecule has 2 nitrogen and oxygen atoms in total. The minimum Gasteiger partial charge on any atom is -0.497 e. The lowest BCUT2D eigenvalue weighted by Crippen LogP contribution is -2.15. The molecule has 0 spiro atoms. The SMILES string of the molecule is CCC(N)C#Cc1c(F)cc(OC)cc1F. The van der Waals surface area contributed by atoms with Crippen LogP contribution in [0.25, 0.3) is 0 Å². The highest BCUT2D eigenvalue weighted by Gasteiger charge is 2.09. The maximum Gasteiger partial charge on any atom is 0.145 e. The molecule has 0 aliphatic rings. The van der Waals surface area contributed by atoms with E-state index in [9.17, 15) is 8.78 Å². The predicted molar refractivity (Wildman–Crippen MR) is 58.1 cm³/mol. The lowest BCUT2D eigenvalue weighted by atomic mass is 10.1. The van der Waals surface area contributed by atoms with Gasteiger partial charge in [0.2, 0.25) is 0 Å². The molecule has 0 fully saturated rings. The van der Waals surface area contributed by atoms with Crippen molar-refractivity contribution in [2.45, 2.75) is 19.4 Å². The molecule has 0 aromatic heterocycles. The average molecular weight is 225 g/mol. The number of rotatable bonds is 2. The van der Waals surface area contributed by atoms with Crippen molar-refractivity contribution in [2.75, 3.05) is 7.11 Å². The van der Waals surface area contributed by atoms with E-state index >= 15 is 0 Å². The zero-order valence-corrected chi connectivity index (χ0v) is 9.18. The third kappa shape index (κ3) is 2.94. The lowest BCUT2D eigenvalue weighted by Gasteiger charge is -2.03. The second-order valence-corrected chi connectivity index (χ2v) is 3.25. The second-order valence-electron chi connectivity index (χ2n) is 3.25. The highest BCUT2D eigenvalue weighted by molar-refractivity contribution is 5.41. The van der Waals surface area contributed by atoms with E-state index in [1.165, 1.54) is 7.11 Å². The summed E-state index contributed by atoms with van der Waals surface area (Å²) in [6.07, 6.45) is 0.631. The largest absolute Gasteiger partial charge is 0.497 e. The number of nitrogens with two attached hydrogens (primary N) is 1. The molecule has 1 aromatic rings. The van der Waals surface area contributed by atoms with Crippen LogP contribution in [-0.2, 0) is 0 Å². The fourth-order valence-corrected chi connectivity index (χ4v) is 1.05. The van der Waals surface area contributed by atoms with E-state index in [-0.39, 0.29) is 17.4 Å². The van der Waals surface area contributed by atoms with Crippen LogP contribution < -0.4 is 10.5 Å². The number of ether oxygens (including phenoxy) is 1. The predicted octanol–water partition coefficient (Wildman–Crippen LogP) is 2.06. The maximum absolute atomic E-state index is 13.4. The molecular weight excluding hydrogens is 212 g/mol. The number of hydrogen-bond acceptors (Lipinski definition) is 2. The third-order valence-corrected chi connectivity index (χ3v) is 2.07. The fourth-order valence-electron chi connectivity index (χ4n) is 1.05. The maximum atomic E-state index is 13.4. The molecule has 0 radical (unpaired) electrons. The topological polar surface area (TPSA) is 35.2 Å². The van der Waals surface area contributed by atoms with Crippen molar-refractivity contribution in [1.29, 1.82) is 0 Å². The molecule has 16 heavy (non-hydrogen) atoms. The molecule has 2 N–H and O–H groups in total. The molecule has 0 heterocycles. The van der Waals surface area contributed by atoms with Crippen LogP contribution in [0.2, 0.25) is 0 Å². The van der Waals surface area contributed by atoms with Crippen molar-refractivity contribution in [3.63, 3.8) is 0 Å². The van der Waals surface area contributed by atoms with Crippen LogP contribution in [-0.4, -0.2) is 13.2 Å². The van der Waals surface area contributed by atoms with Gasteiger partial charge in [-0.2, -0.15) is 0 Å². The minimum absolute atomic E-state index is 0.125. The summed E-state index contributed by atoms with van der Waals surface area (Å²) >= 11 is 0. The van der Waals surface area contributed by atoms with Crippen LogP contribution in [0.3, 0.4) is 0 Å². The van der Waals surface area contributed by atoms with Crippen molar-refractivity contribution in [3.05, 3.63) is 29.3 Å². The molecule has 1 atom stereocenters. The van der Waals surface area contributed by atoms with E-state index in [2.05, 4.69) is 11.8 Å². The Morgan fingerprint density at radius 2 is 1.94 bits per heavy atom. The van der Waals surface area contributed by atoms with Gasteiger partial charge in [-0.15, -0.1) is 0 Å². The van der Waals surface area contributed by atoms with Gasteiger partial charge in [-0.1, -0.05) is 18.8 Å². The van der Waals surface area contributed by atoms with Gasteiger partial charge in [0.25, 0.3) is 0 Å². The summed E-state index contributed by atoms with van der Waals surface area (Å²) in [4.78, 5) is 0. The minimum atomic E-state index is -0.743. The van der Waals surface area contributed by atoms with Gasteiger partial charge in [-0.05, 0) is 6.42 Å². The number of hydrogen-bond donors (Lipinski definition) is 1. The Morgan fingerprint density at radius 1 is 1.38 bits per heavy atom. The van der Waals surface area contributed by atoms with Crippen molar-refractivity contribution in [1.82, 2.24) is 0 Å². The Kier molecular flexibility index (Phi) is 4.27. The van der Waals surface area contributed by atoms with Crippen molar-refractivity contribution >= 4 is 0 Å². The monoisotopic (exact) mass is 225 g/mol. The van der Waals surface area contributed by atoms with Crippen LogP contribution >= 0.6 is 0 Å². The van der Waals surface area contributed by atoms with Gasteiger partial charge >= 0.3 is 0 Å². The summed E-state index contributed by atoms with van der Waals surface area (Å²) < 4.78 is 31.5. The van der Waals surface area contributed by atoms with Gasteiger partial charge in [0.05, 0.1) is 18.7 Å². The fraction of sp³-hybridized carbons (Fsp3) is 0.333. The second kappa shape index (κ2) is 5.47. The lowest BCUT2D eigenvalue weighted by molar-refractivity contribution is 0.406. The molecule has 1 rings (SSSR count). The highest BCUT2D eigenvalue weighted by atomic mass is 19.1. The van der Waals surface area contributed by atoms with Crippen LogP contribution in [0.4, 0.5) is 8.78 Å². The van der Waals surface area contributed by atoms with Gasteiger partial charge in [0.15, 0.2) is 0 Å². The summed E-state index contributed by atoms with van der Waals surface area (Å²) in [5, 5.41) is 0. The summed E-state index contributed by atoms with van der Waals surface area (Å²) in [6, 6.07) is 1.80. The van der Waals surface area contributed by atoms with Crippen LogP contribution in [0.1, 0.15) is 18.9 Å². The summed E-state index contributed by atoms with van der Waals surface area (Å²) in [5.41, 5.74) is 5.26. The first-order valence-corrected chi connectivity index (χ1v) is 4.88. The Bertz CT molecular complexity index is 411. The molecule has 86 valence electrons. The van der Waals surface area contributed by atoms with Gasteiger partial charge < -0.3 is 10.5 Å². The third-order valence-electron chi connectivity index (χ3n) is 2.07. The van der Waals surface area contributed by atoms with Gasteiger partial charge in [0.1, 0.15) is 17.4 Å².